The molecule has 0 aliphatic carbocycles. The molecule has 2 heterocycles. The molecule has 8 heteroatoms. The number of aryl methyl sites for hydroxylation is 2. The van der Waals surface area contributed by atoms with E-state index in [4.69, 9.17) is 9.47 Å². The van der Waals surface area contributed by atoms with Crippen molar-refractivity contribution in [3.05, 3.63) is 78.4 Å². The van der Waals surface area contributed by atoms with Crippen LogP contribution in [-0.2, 0) is 4.74 Å². The number of ether oxygens (including phenoxy) is 2. The monoisotopic (exact) mass is 430 g/mol. The number of nitrogens with zero attached hydrogens (tertiary/aromatic N) is 4. The van der Waals surface area contributed by atoms with E-state index in [9.17, 15) is 0 Å². The summed E-state index contributed by atoms with van der Waals surface area (Å²) < 4.78 is 12.5. The first kappa shape index (κ1) is 21.3. The fourth-order valence-electron chi connectivity index (χ4n) is 3.28. The second-order valence-electron chi connectivity index (χ2n) is 7.26. The van der Waals surface area contributed by atoms with Gasteiger partial charge in [-0.15, -0.1) is 0 Å². The average molecular weight is 431 g/mol. The van der Waals surface area contributed by atoms with Crippen LogP contribution in [0.3, 0.4) is 0 Å². The average Bonchev–Trinajstić information content (AvgIpc) is 3.26. The van der Waals surface area contributed by atoms with Gasteiger partial charge >= 0.3 is 0 Å². The molecule has 4 aromatic rings. The van der Waals surface area contributed by atoms with E-state index in [0.29, 0.717) is 30.8 Å². The second kappa shape index (κ2) is 9.93. The smallest absolute Gasteiger partial charge is 0.213 e. The standard InChI is InChI=1S/C24H26N6O2/c1-17-5-4-6-18(2)23(17)29-24-25-11-12-30(24)22-15-21(26-16-27-22)28-19-7-9-20(10-8-19)32-14-13-31-3/h4-12,15-16H,13-14H2,1-3H3,(H,25,29)(H,26,27,28). The molecule has 0 saturated heterocycles. The predicted octanol–water partition coefficient (Wildman–Crippen LogP) is 4.79. The van der Waals surface area contributed by atoms with Gasteiger partial charge in [0.15, 0.2) is 0 Å². The first-order valence-corrected chi connectivity index (χ1v) is 10.3. The molecule has 2 aromatic heterocycles. The number of para-hydroxylation sites is 1. The van der Waals surface area contributed by atoms with Crippen molar-refractivity contribution >= 4 is 23.1 Å². The van der Waals surface area contributed by atoms with Crippen molar-refractivity contribution in [1.29, 1.82) is 0 Å². The van der Waals surface area contributed by atoms with E-state index >= 15 is 0 Å². The van der Waals surface area contributed by atoms with Gasteiger partial charge in [0, 0.05) is 36.9 Å². The van der Waals surface area contributed by atoms with Crippen molar-refractivity contribution in [2.45, 2.75) is 13.8 Å². The summed E-state index contributed by atoms with van der Waals surface area (Å²) in [6, 6.07) is 15.8. The van der Waals surface area contributed by atoms with E-state index in [1.54, 1.807) is 13.3 Å². The summed E-state index contributed by atoms with van der Waals surface area (Å²) in [5, 5.41) is 6.73. The molecule has 0 unspecified atom stereocenters. The van der Waals surface area contributed by atoms with E-state index in [-0.39, 0.29) is 0 Å². The molecule has 0 aliphatic rings. The summed E-state index contributed by atoms with van der Waals surface area (Å²) >= 11 is 0. The zero-order valence-electron chi connectivity index (χ0n) is 18.4. The molecule has 0 spiro atoms. The molecule has 0 atom stereocenters. The Bertz CT molecular complexity index is 1150. The molecule has 0 bridgehead atoms. The van der Waals surface area contributed by atoms with E-state index < -0.39 is 0 Å². The highest BCUT2D eigenvalue weighted by Gasteiger charge is 2.10. The Balaban J connectivity index is 1.50. The normalized spacial score (nSPS) is 10.7. The van der Waals surface area contributed by atoms with Gasteiger partial charge in [-0.3, -0.25) is 4.57 Å². The van der Waals surface area contributed by atoms with Crippen LogP contribution >= 0.6 is 0 Å². The van der Waals surface area contributed by atoms with Crippen molar-refractivity contribution in [2.24, 2.45) is 0 Å². The van der Waals surface area contributed by atoms with Gasteiger partial charge in [-0.1, -0.05) is 18.2 Å². The number of imidazole rings is 1. The molecule has 164 valence electrons. The molecule has 0 radical (unpaired) electrons. The molecule has 2 N–H and O–H groups in total. The van der Waals surface area contributed by atoms with Gasteiger partial charge in [0.05, 0.1) is 6.61 Å². The quantitative estimate of drug-likeness (QED) is 0.369. The molecule has 0 aliphatic heterocycles. The van der Waals surface area contributed by atoms with Gasteiger partial charge in [-0.25, -0.2) is 15.0 Å². The van der Waals surface area contributed by atoms with Gasteiger partial charge in [-0.05, 0) is 49.2 Å². The van der Waals surface area contributed by atoms with E-state index in [1.165, 1.54) is 6.33 Å². The lowest BCUT2D eigenvalue weighted by Gasteiger charge is -2.14. The Hall–Kier alpha value is -3.91. The third kappa shape index (κ3) is 5.04. The maximum atomic E-state index is 5.60. The molecule has 2 aromatic carbocycles. The maximum Gasteiger partial charge on any atom is 0.213 e. The van der Waals surface area contributed by atoms with Crippen LogP contribution in [0.15, 0.2) is 67.3 Å². The van der Waals surface area contributed by atoms with Crippen LogP contribution in [0, 0.1) is 13.8 Å². The predicted molar refractivity (Wildman–Crippen MR) is 125 cm³/mol. The van der Waals surface area contributed by atoms with Gasteiger partial charge in [0.2, 0.25) is 5.95 Å². The van der Waals surface area contributed by atoms with Crippen LogP contribution in [0.5, 0.6) is 5.75 Å². The summed E-state index contributed by atoms with van der Waals surface area (Å²) in [5.74, 6) is 2.85. The molecule has 0 saturated carbocycles. The summed E-state index contributed by atoms with van der Waals surface area (Å²) in [5.41, 5.74) is 4.24. The Morgan fingerprint density at radius 1 is 0.906 bits per heavy atom. The van der Waals surface area contributed by atoms with Gasteiger partial charge in [0.1, 0.15) is 30.3 Å². The van der Waals surface area contributed by atoms with Gasteiger partial charge < -0.3 is 20.1 Å². The Labute approximate surface area is 187 Å². The first-order chi connectivity index (χ1) is 15.6. The third-order valence-electron chi connectivity index (χ3n) is 4.94. The van der Waals surface area contributed by atoms with Crippen molar-refractivity contribution in [3.8, 4) is 11.6 Å². The van der Waals surface area contributed by atoms with Crippen molar-refractivity contribution in [2.75, 3.05) is 31.0 Å². The minimum Gasteiger partial charge on any atom is -0.491 e. The van der Waals surface area contributed by atoms with E-state index in [2.05, 4.69) is 51.6 Å². The summed E-state index contributed by atoms with van der Waals surface area (Å²) in [4.78, 5) is 13.2. The molecule has 4 rings (SSSR count). The summed E-state index contributed by atoms with van der Waals surface area (Å²) in [7, 11) is 1.65. The minimum atomic E-state index is 0.516. The largest absolute Gasteiger partial charge is 0.491 e. The lowest BCUT2D eigenvalue weighted by atomic mass is 10.1. The Kier molecular flexibility index (Phi) is 6.62. The zero-order valence-corrected chi connectivity index (χ0v) is 18.4. The number of aromatic nitrogens is 4. The molecule has 0 fully saturated rings. The van der Waals surface area contributed by atoms with Crippen LogP contribution in [0.25, 0.3) is 5.82 Å². The van der Waals surface area contributed by atoms with E-state index in [0.717, 1.165) is 28.3 Å². The number of nitrogens with one attached hydrogen (secondary N) is 2. The number of hydrogen-bond donors (Lipinski definition) is 2. The van der Waals surface area contributed by atoms with Crippen molar-refractivity contribution < 1.29 is 9.47 Å². The van der Waals surface area contributed by atoms with Crippen molar-refractivity contribution in [3.63, 3.8) is 0 Å². The highest BCUT2D eigenvalue weighted by atomic mass is 16.5. The fourth-order valence-corrected chi connectivity index (χ4v) is 3.28. The van der Waals surface area contributed by atoms with Crippen LogP contribution in [0.4, 0.5) is 23.1 Å². The van der Waals surface area contributed by atoms with Crippen LogP contribution in [0.1, 0.15) is 11.1 Å². The van der Waals surface area contributed by atoms with Gasteiger partial charge in [0.25, 0.3) is 0 Å². The van der Waals surface area contributed by atoms with E-state index in [1.807, 2.05) is 47.2 Å². The lowest BCUT2D eigenvalue weighted by molar-refractivity contribution is 0.146. The second-order valence-corrected chi connectivity index (χ2v) is 7.26. The lowest BCUT2D eigenvalue weighted by Crippen LogP contribution is -2.06. The number of methoxy groups -OCH3 is 1. The van der Waals surface area contributed by atoms with Crippen LogP contribution in [-0.4, -0.2) is 39.8 Å². The summed E-state index contributed by atoms with van der Waals surface area (Å²) in [6.07, 6.45) is 5.14. The maximum absolute atomic E-state index is 5.60. The highest BCUT2D eigenvalue weighted by molar-refractivity contribution is 5.64. The Morgan fingerprint density at radius 3 is 2.44 bits per heavy atom. The highest BCUT2D eigenvalue weighted by Crippen LogP contribution is 2.25. The topological polar surface area (TPSA) is 86.1 Å². The SMILES string of the molecule is COCCOc1ccc(Nc2cc(-n3ccnc3Nc3c(C)cccc3C)ncn2)cc1. The first-order valence-electron chi connectivity index (χ1n) is 10.3. The molecule has 0 amide bonds. The third-order valence-corrected chi connectivity index (χ3v) is 4.94. The number of hydrogen-bond acceptors (Lipinski definition) is 7. The number of anilines is 4. The van der Waals surface area contributed by atoms with Crippen molar-refractivity contribution in [1.82, 2.24) is 19.5 Å². The van der Waals surface area contributed by atoms with Crippen LogP contribution in [0.2, 0.25) is 0 Å². The van der Waals surface area contributed by atoms with Crippen LogP contribution < -0.4 is 15.4 Å². The molecular formula is C24H26N6O2. The fraction of sp³-hybridized carbons (Fsp3) is 0.208. The summed E-state index contributed by atoms with van der Waals surface area (Å²) in [6.45, 7) is 5.21. The number of rotatable bonds is 9. The van der Waals surface area contributed by atoms with Gasteiger partial charge in [-0.2, -0.15) is 0 Å². The zero-order chi connectivity index (χ0) is 22.3. The minimum absolute atomic E-state index is 0.516. The molecule has 32 heavy (non-hydrogen) atoms. The molecular weight excluding hydrogens is 404 g/mol. The molecule has 8 nitrogen and oxygen atoms in total. The Morgan fingerprint density at radius 2 is 1.69 bits per heavy atom. The number of benzene rings is 2.